The molecule has 1 fully saturated rings. The molecule has 1 aromatic heterocycles. The minimum absolute atomic E-state index is 0.203. The van der Waals surface area contributed by atoms with Crippen LogP contribution in [-0.4, -0.2) is 29.1 Å². The molecule has 5 N–H and O–H groups in total. The second kappa shape index (κ2) is 5.57. The van der Waals surface area contributed by atoms with Gasteiger partial charge in [-0.05, 0) is 31.0 Å². The fourth-order valence-electron chi connectivity index (χ4n) is 2.54. The molecule has 1 aromatic carbocycles. The Balaban J connectivity index is 1.84. The van der Waals surface area contributed by atoms with Crippen molar-refractivity contribution in [3.63, 3.8) is 0 Å². The van der Waals surface area contributed by atoms with Crippen LogP contribution in [0.3, 0.4) is 0 Å². The van der Waals surface area contributed by atoms with E-state index in [9.17, 15) is 0 Å². The van der Waals surface area contributed by atoms with Gasteiger partial charge in [0.15, 0.2) is 0 Å². The number of nitrogens with two attached hydrogens (primary N) is 2. The van der Waals surface area contributed by atoms with Gasteiger partial charge in [0.05, 0.1) is 0 Å². The maximum absolute atomic E-state index is 5.95. The molecular formula is C15H20N6. The van der Waals surface area contributed by atoms with E-state index in [1.165, 1.54) is 5.56 Å². The SMILES string of the molecule is Cc1cccc(Nc2cc(N3CC[C@@H](N)C3)nc(N)n2)c1. The maximum atomic E-state index is 5.95. The van der Waals surface area contributed by atoms with E-state index in [-0.39, 0.29) is 12.0 Å². The van der Waals surface area contributed by atoms with Crippen molar-refractivity contribution in [3.05, 3.63) is 35.9 Å². The summed E-state index contributed by atoms with van der Waals surface area (Å²) in [4.78, 5) is 10.7. The quantitative estimate of drug-likeness (QED) is 0.793. The van der Waals surface area contributed by atoms with Crippen molar-refractivity contribution >= 4 is 23.3 Å². The zero-order chi connectivity index (χ0) is 14.8. The van der Waals surface area contributed by atoms with Gasteiger partial charge in [-0.3, -0.25) is 0 Å². The van der Waals surface area contributed by atoms with Crippen molar-refractivity contribution in [2.45, 2.75) is 19.4 Å². The lowest BCUT2D eigenvalue weighted by Gasteiger charge is -2.18. The predicted octanol–water partition coefficient (Wildman–Crippen LogP) is 1.65. The van der Waals surface area contributed by atoms with Crippen LogP contribution >= 0.6 is 0 Å². The van der Waals surface area contributed by atoms with Gasteiger partial charge in [-0.15, -0.1) is 0 Å². The number of hydrogen-bond acceptors (Lipinski definition) is 6. The highest BCUT2D eigenvalue weighted by molar-refractivity contribution is 5.62. The summed E-state index contributed by atoms with van der Waals surface area (Å²) in [6.07, 6.45) is 0.977. The van der Waals surface area contributed by atoms with E-state index in [0.29, 0.717) is 5.82 Å². The minimum atomic E-state index is 0.203. The number of aryl methyl sites for hydroxylation is 1. The highest BCUT2D eigenvalue weighted by Crippen LogP contribution is 2.23. The van der Waals surface area contributed by atoms with Crippen LogP contribution in [0.1, 0.15) is 12.0 Å². The van der Waals surface area contributed by atoms with Crippen molar-refractivity contribution < 1.29 is 0 Å². The van der Waals surface area contributed by atoms with Crippen LogP contribution in [0.25, 0.3) is 0 Å². The molecule has 0 saturated carbocycles. The van der Waals surface area contributed by atoms with E-state index in [4.69, 9.17) is 11.5 Å². The largest absolute Gasteiger partial charge is 0.368 e. The lowest BCUT2D eigenvalue weighted by atomic mass is 10.2. The molecular weight excluding hydrogens is 264 g/mol. The Kier molecular flexibility index (Phi) is 3.62. The lowest BCUT2D eigenvalue weighted by molar-refractivity contribution is 0.751. The Morgan fingerprint density at radius 3 is 2.86 bits per heavy atom. The molecule has 1 aliphatic rings. The first-order valence-corrected chi connectivity index (χ1v) is 7.09. The molecule has 2 heterocycles. The van der Waals surface area contributed by atoms with Gasteiger partial charge in [0.25, 0.3) is 0 Å². The Labute approximate surface area is 124 Å². The van der Waals surface area contributed by atoms with Crippen molar-refractivity contribution in [1.82, 2.24) is 9.97 Å². The molecule has 3 rings (SSSR count). The van der Waals surface area contributed by atoms with Crippen LogP contribution in [0.15, 0.2) is 30.3 Å². The second-order valence-corrected chi connectivity index (χ2v) is 5.46. The van der Waals surface area contributed by atoms with E-state index < -0.39 is 0 Å². The van der Waals surface area contributed by atoms with Gasteiger partial charge >= 0.3 is 0 Å². The molecule has 0 aliphatic carbocycles. The van der Waals surface area contributed by atoms with Gasteiger partial charge in [-0.1, -0.05) is 12.1 Å². The van der Waals surface area contributed by atoms with E-state index in [1.807, 2.05) is 18.2 Å². The summed E-state index contributed by atoms with van der Waals surface area (Å²) in [5.74, 6) is 1.79. The van der Waals surface area contributed by atoms with Crippen LogP contribution < -0.4 is 21.7 Å². The Bertz CT molecular complexity index is 642. The van der Waals surface area contributed by atoms with Gasteiger partial charge in [0, 0.05) is 30.9 Å². The number of nitrogen functional groups attached to an aromatic ring is 1. The molecule has 2 aromatic rings. The fraction of sp³-hybridized carbons (Fsp3) is 0.333. The van der Waals surface area contributed by atoms with Crippen molar-refractivity contribution in [3.8, 4) is 0 Å². The molecule has 6 heteroatoms. The van der Waals surface area contributed by atoms with Crippen molar-refractivity contribution in [1.29, 1.82) is 0 Å². The number of nitrogens with zero attached hydrogens (tertiary/aromatic N) is 3. The van der Waals surface area contributed by atoms with Crippen LogP contribution in [0.4, 0.5) is 23.3 Å². The highest BCUT2D eigenvalue weighted by atomic mass is 15.2. The third kappa shape index (κ3) is 3.22. The average molecular weight is 284 g/mol. The topological polar surface area (TPSA) is 93.1 Å². The first-order chi connectivity index (χ1) is 10.1. The van der Waals surface area contributed by atoms with Crippen LogP contribution in [0, 0.1) is 6.92 Å². The molecule has 21 heavy (non-hydrogen) atoms. The Morgan fingerprint density at radius 2 is 2.14 bits per heavy atom. The third-order valence-corrected chi connectivity index (χ3v) is 3.57. The minimum Gasteiger partial charge on any atom is -0.368 e. The first-order valence-electron chi connectivity index (χ1n) is 7.09. The molecule has 110 valence electrons. The average Bonchev–Trinajstić information content (AvgIpc) is 2.85. The fourth-order valence-corrected chi connectivity index (χ4v) is 2.54. The summed E-state index contributed by atoms with van der Waals surface area (Å²) in [7, 11) is 0. The monoisotopic (exact) mass is 284 g/mol. The molecule has 0 spiro atoms. The van der Waals surface area contributed by atoms with E-state index in [0.717, 1.165) is 31.0 Å². The molecule has 1 aliphatic heterocycles. The molecule has 1 saturated heterocycles. The molecule has 0 unspecified atom stereocenters. The third-order valence-electron chi connectivity index (χ3n) is 3.57. The number of hydrogen-bond donors (Lipinski definition) is 3. The molecule has 0 bridgehead atoms. The second-order valence-electron chi connectivity index (χ2n) is 5.46. The van der Waals surface area contributed by atoms with Gasteiger partial charge in [-0.2, -0.15) is 9.97 Å². The van der Waals surface area contributed by atoms with E-state index in [1.54, 1.807) is 0 Å². The van der Waals surface area contributed by atoms with E-state index >= 15 is 0 Å². The summed E-state index contributed by atoms with van der Waals surface area (Å²) in [5, 5.41) is 3.27. The number of aromatic nitrogens is 2. The van der Waals surface area contributed by atoms with Gasteiger partial charge in [-0.25, -0.2) is 0 Å². The number of rotatable bonds is 3. The van der Waals surface area contributed by atoms with Crippen LogP contribution in [0.2, 0.25) is 0 Å². The summed E-state index contributed by atoms with van der Waals surface area (Å²) >= 11 is 0. The maximum Gasteiger partial charge on any atom is 0.223 e. The van der Waals surface area contributed by atoms with Gasteiger partial charge in [0.1, 0.15) is 11.6 Å². The number of anilines is 4. The normalized spacial score (nSPS) is 18.0. The zero-order valence-electron chi connectivity index (χ0n) is 12.1. The smallest absolute Gasteiger partial charge is 0.223 e. The molecule has 1 atom stereocenters. The van der Waals surface area contributed by atoms with Crippen molar-refractivity contribution in [2.75, 3.05) is 29.0 Å². The molecule has 0 radical (unpaired) electrons. The van der Waals surface area contributed by atoms with Crippen LogP contribution in [-0.2, 0) is 0 Å². The van der Waals surface area contributed by atoms with Crippen LogP contribution in [0.5, 0.6) is 0 Å². The molecule has 6 nitrogen and oxygen atoms in total. The van der Waals surface area contributed by atoms with Crippen molar-refractivity contribution in [2.24, 2.45) is 5.73 Å². The Hall–Kier alpha value is -2.34. The Morgan fingerprint density at radius 1 is 1.29 bits per heavy atom. The summed E-state index contributed by atoms with van der Waals surface area (Å²) < 4.78 is 0. The predicted molar refractivity (Wildman–Crippen MR) is 85.7 cm³/mol. The lowest BCUT2D eigenvalue weighted by Crippen LogP contribution is -2.27. The van der Waals surface area contributed by atoms with Gasteiger partial charge in [0.2, 0.25) is 5.95 Å². The highest BCUT2D eigenvalue weighted by Gasteiger charge is 2.21. The number of benzene rings is 1. The van der Waals surface area contributed by atoms with E-state index in [2.05, 4.69) is 39.2 Å². The summed E-state index contributed by atoms with van der Waals surface area (Å²) in [5.41, 5.74) is 13.9. The zero-order valence-corrected chi connectivity index (χ0v) is 12.1. The first kappa shape index (κ1) is 13.6. The standard InChI is InChI=1S/C15H20N6/c1-10-3-2-4-12(7-10)18-13-8-14(20-15(17)19-13)21-6-5-11(16)9-21/h2-4,7-8,11H,5-6,9,16H2,1H3,(H3,17,18,19,20)/t11-/m1/s1. The molecule has 0 amide bonds. The number of nitrogens with one attached hydrogen (secondary N) is 1. The summed E-state index contributed by atoms with van der Waals surface area (Å²) in [6.45, 7) is 3.76. The van der Waals surface area contributed by atoms with Gasteiger partial charge < -0.3 is 21.7 Å². The summed E-state index contributed by atoms with van der Waals surface area (Å²) in [6, 6.07) is 10.2.